The van der Waals surface area contributed by atoms with Gasteiger partial charge in [0, 0.05) is 29.4 Å². The van der Waals surface area contributed by atoms with Gasteiger partial charge in [-0.3, -0.25) is 0 Å². The molecular weight excluding hydrogens is 220 g/mol. The summed E-state index contributed by atoms with van der Waals surface area (Å²) in [6.45, 7) is 0.503. The molecule has 3 aromatic rings. The quantitative estimate of drug-likeness (QED) is 0.644. The molecule has 88 valence electrons. The minimum Gasteiger partial charge on any atom is -0.437 e. The number of anilines is 2. The van der Waals surface area contributed by atoms with Crippen molar-refractivity contribution in [1.82, 2.24) is 0 Å². The van der Waals surface area contributed by atoms with E-state index in [9.17, 15) is 0 Å². The Bertz CT molecular complexity index is 669. The predicted molar refractivity (Wildman–Crippen MR) is 66.0 cm³/mol. The van der Waals surface area contributed by atoms with E-state index in [0.717, 1.165) is 10.8 Å². The molecule has 0 saturated carbocycles. The molecule has 4 N–H and O–H groups in total. The van der Waals surface area contributed by atoms with Gasteiger partial charge in [0.15, 0.2) is 22.9 Å². The molecule has 0 unspecified atom stereocenters. The molecule has 17 heavy (non-hydrogen) atoms. The Balaban J connectivity index is 2.16. The Labute approximate surface area is 96.8 Å². The first-order valence-corrected chi connectivity index (χ1v) is 5.34. The van der Waals surface area contributed by atoms with E-state index in [1.807, 2.05) is 18.2 Å². The predicted octanol–water partition coefficient (Wildman–Crippen LogP) is 2.17. The number of benzene rings is 1. The van der Waals surface area contributed by atoms with E-state index in [0.29, 0.717) is 29.5 Å². The summed E-state index contributed by atoms with van der Waals surface area (Å²) in [5.41, 5.74) is 6.93. The number of aliphatic hydroxyl groups is 1. The molecule has 2 heterocycles. The maximum Gasteiger partial charge on any atom is 0.194 e. The number of rotatable bonds is 3. The summed E-state index contributed by atoms with van der Waals surface area (Å²) < 4.78 is 11.0. The standard InChI is InChI=1S/C12H12N2O3/c13-9-5-7-1-2-8-6-10(14-3-4-15)17-12(8)11(7)16-9/h1-2,5-6,14-15H,3-4,13H2. The average Bonchev–Trinajstić information content (AvgIpc) is 2.87. The van der Waals surface area contributed by atoms with E-state index < -0.39 is 0 Å². The van der Waals surface area contributed by atoms with Crippen LogP contribution in [0.15, 0.2) is 33.1 Å². The molecule has 0 amide bonds. The van der Waals surface area contributed by atoms with E-state index in [-0.39, 0.29) is 6.61 Å². The van der Waals surface area contributed by atoms with Gasteiger partial charge in [-0.2, -0.15) is 0 Å². The van der Waals surface area contributed by atoms with E-state index in [4.69, 9.17) is 19.7 Å². The molecule has 0 aliphatic carbocycles. The lowest BCUT2D eigenvalue weighted by Gasteiger charge is -1.96. The highest BCUT2D eigenvalue weighted by Gasteiger charge is 2.11. The monoisotopic (exact) mass is 232 g/mol. The van der Waals surface area contributed by atoms with Crippen molar-refractivity contribution in [2.45, 2.75) is 0 Å². The van der Waals surface area contributed by atoms with Crippen LogP contribution >= 0.6 is 0 Å². The zero-order valence-electron chi connectivity index (χ0n) is 9.06. The highest BCUT2D eigenvalue weighted by Crippen LogP contribution is 2.32. The Morgan fingerprint density at radius 3 is 2.59 bits per heavy atom. The van der Waals surface area contributed by atoms with Gasteiger partial charge in [0.25, 0.3) is 0 Å². The smallest absolute Gasteiger partial charge is 0.194 e. The zero-order chi connectivity index (χ0) is 11.8. The summed E-state index contributed by atoms with van der Waals surface area (Å²) >= 11 is 0. The highest BCUT2D eigenvalue weighted by molar-refractivity contribution is 6.02. The molecule has 0 bridgehead atoms. The number of fused-ring (bicyclic) bond motifs is 3. The first kappa shape index (κ1) is 10.0. The van der Waals surface area contributed by atoms with Crippen molar-refractivity contribution in [3.05, 3.63) is 24.3 Å². The van der Waals surface area contributed by atoms with Crippen molar-refractivity contribution in [2.24, 2.45) is 0 Å². The number of nitrogens with two attached hydrogens (primary N) is 1. The minimum atomic E-state index is 0.0557. The van der Waals surface area contributed by atoms with Gasteiger partial charge >= 0.3 is 0 Å². The fourth-order valence-corrected chi connectivity index (χ4v) is 1.88. The summed E-state index contributed by atoms with van der Waals surface area (Å²) in [6.07, 6.45) is 0. The number of furan rings is 2. The minimum absolute atomic E-state index is 0.0557. The summed E-state index contributed by atoms with van der Waals surface area (Å²) in [7, 11) is 0. The third-order valence-electron chi connectivity index (χ3n) is 2.60. The van der Waals surface area contributed by atoms with Crippen LogP contribution in [0.2, 0.25) is 0 Å². The number of nitrogen functional groups attached to an aromatic ring is 1. The van der Waals surface area contributed by atoms with E-state index in [1.54, 1.807) is 6.07 Å². The van der Waals surface area contributed by atoms with Gasteiger partial charge in [-0.25, -0.2) is 0 Å². The topological polar surface area (TPSA) is 84.6 Å². The fourth-order valence-electron chi connectivity index (χ4n) is 1.88. The second-order valence-electron chi connectivity index (χ2n) is 3.81. The van der Waals surface area contributed by atoms with Crippen molar-refractivity contribution in [2.75, 3.05) is 24.2 Å². The van der Waals surface area contributed by atoms with Crippen LogP contribution in [0.1, 0.15) is 0 Å². The van der Waals surface area contributed by atoms with Crippen LogP contribution in [0.3, 0.4) is 0 Å². The lowest BCUT2D eigenvalue weighted by atomic mass is 10.2. The lowest BCUT2D eigenvalue weighted by Crippen LogP contribution is -2.03. The van der Waals surface area contributed by atoms with Crippen molar-refractivity contribution in [3.8, 4) is 0 Å². The molecule has 0 spiro atoms. The van der Waals surface area contributed by atoms with Gasteiger partial charge in [-0.05, 0) is 0 Å². The lowest BCUT2D eigenvalue weighted by molar-refractivity contribution is 0.310. The SMILES string of the molecule is Nc1cc2ccc3cc(NCCO)oc3c2o1. The van der Waals surface area contributed by atoms with Gasteiger partial charge in [-0.1, -0.05) is 12.1 Å². The third kappa shape index (κ3) is 1.60. The molecule has 0 fully saturated rings. The summed E-state index contributed by atoms with van der Waals surface area (Å²) in [4.78, 5) is 0. The normalized spacial score (nSPS) is 11.4. The highest BCUT2D eigenvalue weighted by atomic mass is 16.4. The summed E-state index contributed by atoms with van der Waals surface area (Å²) in [5.74, 6) is 0.977. The van der Waals surface area contributed by atoms with Crippen LogP contribution in [-0.2, 0) is 0 Å². The second-order valence-corrected chi connectivity index (χ2v) is 3.81. The molecule has 0 atom stereocenters. The Morgan fingerprint density at radius 1 is 1.12 bits per heavy atom. The average molecular weight is 232 g/mol. The van der Waals surface area contributed by atoms with Gasteiger partial charge < -0.3 is 25.0 Å². The Hall–Kier alpha value is -2.14. The molecule has 2 aromatic heterocycles. The van der Waals surface area contributed by atoms with E-state index in [2.05, 4.69) is 5.32 Å². The zero-order valence-corrected chi connectivity index (χ0v) is 9.06. The van der Waals surface area contributed by atoms with Crippen molar-refractivity contribution < 1.29 is 13.9 Å². The summed E-state index contributed by atoms with van der Waals surface area (Å²) in [5, 5.41) is 13.6. The van der Waals surface area contributed by atoms with Gasteiger partial charge in [0.2, 0.25) is 0 Å². The molecular formula is C12H12N2O3. The van der Waals surface area contributed by atoms with Gasteiger partial charge in [-0.15, -0.1) is 0 Å². The molecule has 5 nitrogen and oxygen atoms in total. The maximum atomic E-state index is 8.74. The van der Waals surface area contributed by atoms with Crippen LogP contribution in [0.25, 0.3) is 21.9 Å². The molecule has 0 saturated heterocycles. The van der Waals surface area contributed by atoms with Gasteiger partial charge in [0.05, 0.1) is 6.61 Å². The summed E-state index contributed by atoms with van der Waals surface area (Å²) in [6, 6.07) is 7.50. The van der Waals surface area contributed by atoms with Crippen LogP contribution in [0, 0.1) is 0 Å². The van der Waals surface area contributed by atoms with E-state index in [1.165, 1.54) is 0 Å². The van der Waals surface area contributed by atoms with Crippen molar-refractivity contribution in [1.29, 1.82) is 0 Å². The van der Waals surface area contributed by atoms with Crippen LogP contribution in [0.4, 0.5) is 11.8 Å². The number of hydrogen-bond donors (Lipinski definition) is 3. The molecule has 5 heteroatoms. The van der Waals surface area contributed by atoms with Crippen LogP contribution < -0.4 is 11.1 Å². The molecule has 0 radical (unpaired) electrons. The third-order valence-corrected chi connectivity index (χ3v) is 2.60. The maximum absolute atomic E-state index is 8.74. The first-order chi connectivity index (χ1) is 8.28. The van der Waals surface area contributed by atoms with Crippen LogP contribution in [0.5, 0.6) is 0 Å². The molecule has 0 aliphatic heterocycles. The van der Waals surface area contributed by atoms with Gasteiger partial charge in [0.1, 0.15) is 0 Å². The Kier molecular flexibility index (Phi) is 2.19. The van der Waals surface area contributed by atoms with Crippen molar-refractivity contribution >= 4 is 33.7 Å². The molecule has 0 aliphatic rings. The first-order valence-electron chi connectivity index (χ1n) is 5.34. The number of aliphatic hydroxyl groups excluding tert-OH is 1. The molecule has 1 aromatic carbocycles. The molecule has 3 rings (SSSR count). The second kappa shape index (κ2) is 3.71. The van der Waals surface area contributed by atoms with E-state index >= 15 is 0 Å². The van der Waals surface area contributed by atoms with Crippen molar-refractivity contribution in [3.63, 3.8) is 0 Å². The Morgan fingerprint density at radius 2 is 1.82 bits per heavy atom. The fraction of sp³-hybridized carbons (Fsp3) is 0.167. The largest absolute Gasteiger partial charge is 0.437 e. The number of nitrogens with one attached hydrogen (secondary N) is 1. The number of hydrogen-bond acceptors (Lipinski definition) is 5. The van der Waals surface area contributed by atoms with Crippen LogP contribution in [-0.4, -0.2) is 18.3 Å².